The van der Waals surface area contributed by atoms with Crippen LogP contribution in [-0.4, -0.2) is 31.7 Å². The second-order valence-electron chi connectivity index (χ2n) is 6.67. The number of carbonyl (C=O) groups is 1. The monoisotopic (exact) mass is 449 g/mol. The molecule has 0 saturated heterocycles. The molecule has 0 fully saturated rings. The first kappa shape index (κ1) is 22.5. The van der Waals surface area contributed by atoms with E-state index in [0.29, 0.717) is 22.1 Å². The highest BCUT2D eigenvalue weighted by Gasteiger charge is 2.30. The highest BCUT2D eigenvalue weighted by Crippen LogP contribution is 2.33. The van der Waals surface area contributed by atoms with Crippen molar-refractivity contribution in [3.63, 3.8) is 0 Å². The molecule has 1 atom stereocenters. The Labute approximate surface area is 179 Å². The van der Waals surface area contributed by atoms with Gasteiger partial charge in [-0.25, -0.2) is 4.98 Å². The van der Waals surface area contributed by atoms with E-state index in [9.17, 15) is 22.5 Å². The zero-order valence-electron chi connectivity index (χ0n) is 16.7. The van der Waals surface area contributed by atoms with Gasteiger partial charge in [0.2, 0.25) is 10.9 Å². The fraction of sp³-hybridized carbons (Fsp3) is 0.200. The minimum Gasteiger partial charge on any atom is -0.610 e. The Hall–Kier alpha value is -3.18. The van der Waals surface area contributed by atoms with E-state index in [-0.39, 0.29) is 17.4 Å². The Morgan fingerprint density at radius 2 is 1.84 bits per heavy atom. The van der Waals surface area contributed by atoms with E-state index in [4.69, 9.17) is 0 Å². The summed E-state index contributed by atoms with van der Waals surface area (Å²) in [6.07, 6.45) is -0.871. The molecular weight excluding hydrogens is 431 g/mol. The van der Waals surface area contributed by atoms with Gasteiger partial charge in [0.1, 0.15) is 17.9 Å². The van der Waals surface area contributed by atoms with Crippen LogP contribution < -0.4 is 10.6 Å². The van der Waals surface area contributed by atoms with Crippen LogP contribution in [0.25, 0.3) is 11.3 Å². The standard InChI is InChI=1S/C20H18F3N5O2S/c1-11-6-18(28-19(7-11)31(3)30)27-16-8-17(26-12(2)29)25-10-14(16)15-5-4-13(9-24-15)20(21,22)23/h4-10H,1-3H3,(H2,25,26,27,28,29). The van der Waals surface area contributed by atoms with Crippen molar-refractivity contribution in [2.45, 2.75) is 25.0 Å². The molecule has 162 valence electrons. The summed E-state index contributed by atoms with van der Waals surface area (Å²) in [6.45, 7) is 3.14. The summed E-state index contributed by atoms with van der Waals surface area (Å²) in [7, 11) is 0. The number of carbonyl (C=O) groups excluding carboxylic acids is 1. The molecule has 2 N–H and O–H groups in total. The third-order valence-corrected chi connectivity index (χ3v) is 4.88. The summed E-state index contributed by atoms with van der Waals surface area (Å²) >= 11 is -1.31. The molecule has 0 aliphatic carbocycles. The third-order valence-electron chi connectivity index (χ3n) is 4.08. The average Bonchev–Trinajstić information content (AvgIpc) is 2.67. The summed E-state index contributed by atoms with van der Waals surface area (Å²) in [5.41, 5.74) is 0.976. The van der Waals surface area contributed by atoms with Crippen molar-refractivity contribution in [2.75, 3.05) is 16.9 Å². The smallest absolute Gasteiger partial charge is 0.417 e. The number of aromatic nitrogens is 3. The molecule has 1 amide bonds. The number of amides is 1. The topological polar surface area (TPSA) is 103 Å². The van der Waals surface area contributed by atoms with Crippen LogP contribution in [0.2, 0.25) is 0 Å². The first-order valence-corrected chi connectivity index (χ1v) is 10.5. The van der Waals surface area contributed by atoms with Crippen LogP contribution in [0.5, 0.6) is 0 Å². The van der Waals surface area contributed by atoms with Crippen molar-refractivity contribution in [2.24, 2.45) is 0 Å². The molecule has 7 nitrogen and oxygen atoms in total. The van der Waals surface area contributed by atoms with Gasteiger partial charge in [0.25, 0.3) is 0 Å². The average molecular weight is 449 g/mol. The number of anilines is 3. The van der Waals surface area contributed by atoms with Crippen molar-refractivity contribution in [3.8, 4) is 11.3 Å². The molecule has 1 unspecified atom stereocenters. The van der Waals surface area contributed by atoms with Gasteiger partial charge in [0.15, 0.2) is 0 Å². The zero-order chi connectivity index (χ0) is 22.8. The van der Waals surface area contributed by atoms with Crippen molar-refractivity contribution in [1.29, 1.82) is 0 Å². The SMILES string of the molecule is CC(=O)Nc1cc(Nc2cc(C)cc([S+](C)[O-])n2)c(-c2ccc(C(F)(F)F)cn2)cn1. The lowest BCUT2D eigenvalue weighted by atomic mass is 10.1. The predicted octanol–water partition coefficient (Wildman–Crippen LogP) is 4.31. The van der Waals surface area contributed by atoms with Gasteiger partial charge >= 0.3 is 6.18 Å². The molecule has 3 aromatic rings. The molecule has 3 aromatic heterocycles. The molecule has 11 heteroatoms. The summed E-state index contributed by atoms with van der Waals surface area (Å²) in [4.78, 5) is 23.8. The normalized spacial score (nSPS) is 12.4. The minimum atomic E-state index is -4.50. The Kier molecular flexibility index (Phi) is 6.46. The first-order valence-electron chi connectivity index (χ1n) is 8.93. The highest BCUT2D eigenvalue weighted by molar-refractivity contribution is 7.90. The van der Waals surface area contributed by atoms with Crippen molar-refractivity contribution in [1.82, 2.24) is 15.0 Å². The molecule has 3 rings (SSSR count). The van der Waals surface area contributed by atoms with E-state index in [1.165, 1.54) is 31.5 Å². The van der Waals surface area contributed by atoms with Crippen LogP contribution in [-0.2, 0) is 22.1 Å². The number of rotatable bonds is 5. The van der Waals surface area contributed by atoms with Crippen LogP contribution in [0.3, 0.4) is 0 Å². The van der Waals surface area contributed by atoms with Gasteiger partial charge in [-0.15, -0.1) is 0 Å². The molecule has 3 heterocycles. The van der Waals surface area contributed by atoms with E-state index in [1.54, 1.807) is 12.1 Å². The largest absolute Gasteiger partial charge is 0.610 e. The van der Waals surface area contributed by atoms with Gasteiger partial charge in [-0.3, -0.25) is 9.78 Å². The summed E-state index contributed by atoms with van der Waals surface area (Å²) < 4.78 is 50.4. The summed E-state index contributed by atoms with van der Waals surface area (Å²) in [5, 5.41) is 5.99. The quantitative estimate of drug-likeness (QED) is 0.563. The lowest BCUT2D eigenvalue weighted by Gasteiger charge is -2.15. The maximum Gasteiger partial charge on any atom is 0.417 e. The maximum absolute atomic E-state index is 12.9. The molecular formula is C20H18F3N5O2S. The summed E-state index contributed by atoms with van der Waals surface area (Å²) in [5.74, 6) is 0.271. The number of alkyl halides is 3. The number of hydrogen-bond donors (Lipinski definition) is 2. The van der Waals surface area contributed by atoms with Crippen LogP contribution in [0.4, 0.5) is 30.5 Å². The molecule has 0 aliphatic rings. The number of nitrogens with zero attached hydrogens (tertiary/aromatic N) is 3. The van der Waals surface area contributed by atoms with Crippen molar-refractivity contribution < 1.29 is 22.5 Å². The Morgan fingerprint density at radius 3 is 2.42 bits per heavy atom. The van der Waals surface area contributed by atoms with Gasteiger partial charge in [0.05, 0.1) is 16.9 Å². The predicted molar refractivity (Wildman–Crippen MR) is 111 cm³/mol. The van der Waals surface area contributed by atoms with E-state index < -0.39 is 22.9 Å². The number of halogens is 3. The van der Waals surface area contributed by atoms with Crippen LogP contribution in [0, 0.1) is 6.92 Å². The van der Waals surface area contributed by atoms with Crippen molar-refractivity contribution in [3.05, 3.63) is 53.9 Å². The number of nitrogens with one attached hydrogen (secondary N) is 2. The van der Waals surface area contributed by atoms with E-state index >= 15 is 0 Å². The Balaban J connectivity index is 2.05. The van der Waals surface area contributed by atoms with Crippen LogP contribution in [0.15, 0.2) is 47.8 Å². The van der Waals surface area contributed by atoms with E-state index in [1.807, 2.05) is 6.92 Å². The van der Waals surface area contributed by atoms with Crippen LogP contribution in [0.1, 0.15) is 18.1 Å². The lowest BCUT2D eigenvalue weighted by molar-refractivity contribution is -0.137. The van der Waals surface area contributed by atoms with Gasteiger partial charge in [-0.05, 0) is 30.7 Å². The fourth-order valence-electron chi connectivity index (χ4n) is 2.72. The molecule has 0 saturated carbocycles. The molecule has 0 aliphatic heterocycles. The molecule has 0 radical (unpaired) electrons. The molecule has 31 heavy (non-hydrogen) atoms. The molecule has 0 bridgehead atoms. The Bertz CT molecular complexity index is 1100. The van der Waals surface area contributed by atoms with Crippen molar-refractivity contribution >= 4 is 34.4 Å². The zero-order valence-corrected chi connectivity index (χ0v) is 17.6. The maximum atomic E-state index is 12.9. The van der Waals surface area contributed by atoms with Gasteiger partial charge in [0, 0.05) is 48.2 Å². The lowest BCUT2D eigenvalue weighted by Crippen LogP contribution is -2.09. The molecule has 0 spiro atoms. The van der Waals surface area contributed by atoms with Gasteiger partial charge in [-0.1, -0.05) is 0 Å². The summed E-state index contributed by atoms with van der Waals surface area (Å²) in [6, 6.07) is 7.09. The fourth-order valence-corrected chi connectivity index (χ4v) is 3.30. The first-order chi connectivity index (χ1) is 14.5. The van der Waals surface area contributed by atoms with Gasteiger partial charge in [-0.2, -0.15) is 18.2 Å². The molecule has 0 aromatic carbocycles. The number of pyridine rings is 3. The van der Waals surface area contributed by atoms with E-state index in [0.717, 1.165) is 17.8 Å². The number of aryl methyl sites for hydroxylation is 1. The highest BCUT2D eigenvalue weighted by atomic mass is 32.2. The minimum absolute atomic E-state index is 0.234. The number of hydrogen-bond acceptors (Lipinski definition) is 6. The Morgan fingerprint density at radius 1 is 1.10 bits per heavy atom. The second-order valence-corrected chi connectivity index (χ2v) is 8.00. The second kappa shape index (κ2) is 8.90. The van der Waals surface area contributed by atoms with Gasteiger partial charge < -0.3 is 15.2 Å². The van der Waals surface area contributed by atoms with Crippen LogP contribution >= 0.6 is 0 Å². The van der Waals surface area contributed by atoms with E-state index in [2.05, 4.69) is 25.6 Å². The third kappa shape index (κ3) is 5.70.